The second-order valence-electron chi connectivity index (χ2n) is 5.99. The topological polar surface area (TPSA) is 124 Å². The molecule has 1 atom stereocenters. The van der Waals surface area contributed by atoms with Crippen molar-refractivity contribution in [3.63, 3.8) is 0 Å². The fraction of sp³-hybridized carbons (Fsp3) is 0.316. The number of pyridine rings is 1. The summed E-state index contributed by atoms with van der Waals surface area (Å²) in [5, 5.41) is 11.9. The highest BCUT2D eigenvalue weighted by Crippen LogP contribution is 2.23. The van der Waals surface area contributed by atoms with Crippen LogP contribution in [-0.4, -0.2) is 27.3 Å². The molecule has 0 radical (unpaired) electrons. The van der Waals surface area contributed by atoms with Crippen LogP contribution in [0.5, 0.6) is 5.88 Å². The number of carbonyl (C=O) groups is 1. The van der Waals surface area contributed by atoms with Gasteiger partial charge in [-0.1, -0.05) is 12.1 Å². The summed E-state index contributed by atoms with van der Waals surface area (Å²) in [7, 11) is 0. The van der Waals surface area contributed by atoms with Gasteiger partial charge in [-0.05, 0) is 55.7 Å². The number of nitriles is 1. The van der Waals surface area contributed by atoms with Gasteiger partial charge in [0.15, 0.2) is 4.90 Å². The fourth-order valence-corrected chi connectivity index (χ4v) is 3.25. The van der Waals surface area contributed by atoms with Gasteiger partial charge < -0.3 is 20.3 Å². The lowest BCUT2D eigenvalue weighted by molar-refractivity contribution is 0.0945. The van der Waals surface area contributed by atoms with Crippen LogP contribution >= 0.6 is 0 Å². The molecule has 142 valence electrons. The van der Waals surface area contributed by atoms with Gasteiger partial charge >= 0.3 is 0 Å². The molecule has 2 rings (SSSR count). The molecule has 0 aliphatic rings. The number of nitrogens with two attached hydrogens (primary N) is 1. The summed E-state index contributed by atoms with van der Waals surface area (Å²) in [5.41, 5.74) is 7.02. The molecule has 1 heterocycles. The zero-order chi connectivity index (χ0) is 20.0. The average Bonchev–Trinajstić information content (AvgIpc) is 2.65. The number of hydrogen-bond donors (Lipinski definition) is 2. The van der Waals surface area contributed by atoms with Crippen LogP contribution in [0.2, 0.25) is 0 Å². The van der Waals surface area contributed by atoms with Crippen molar-refractivity contribution in [1.82, 2.24) is 10.3 Å². The van der Waals surface area contributed by atoms with Crippen molar-refractivity contribution in [2.75, 3.05) is 12.3 Å². The highest BCUT2D eigenvalue weighted by atomic mass is 32.2. The molecular formula is C19H22N4O3S. The minimum absolute atomic E-state index is 0.0444. The first kappa shape index (κ1) is 20.6. The van der Waals surface area contributed by atoms with Crippen LogP contribution in [0.15, 0.2) is 35.2 Å². The van der Waals surface area contributed by atoms with Crippen molar-refractivity contribution in [2.24, 2.45) is 0 Å². The molecule has 0 aliphatic heterocycles. The van der Waals surface area contributed by atoms with Crippen molar-refractivity contribution < 1.29 is 14.1 Å². The molecule has 0 saturated heterocycles. The quantitative estimate of drug-likeness (QED) is 0.704. The van der Waals surface area contributed by atoms with Crippen molar-refractivity contribution in [2.45, 2.75) is 37.5 Å². The summed E-state index contributed by atoms with van der Waals surface area (Å²) in [4.78, 5) is 17.2. The van der Waals surface area contributed by atoms with Gasteiger partial charge in [-0.3, -0.25) is 4.79 Å². The summed E-state index contributed by atoms with van der Waals surface area (Å²) in [6.07, 6.45) is 0. The maximum Gasteiger partial charge on any atom is 0.270 e. The van der Waals surface area contributed by atoms with E-state index in [4.69, 9.17) is 15.7 Å². The molecular weight excluding hydrogens is 364 g/mol. The average molecular weight is 386 g/mol. The maximum absolute atomic E-state index is 12.4. The molecule has 1 unspecified atom stereocenters. The largest absolute Gasteiger partial charge is 0.611 e. The van der Waals surface area contributed by atoms with E-state index in [1.807, 2.05) is 32.0 Å². The Kier molecular flexibility index (Phi) is 7.05. The Balaban J connectivity index is 2.09. The van der Waals surface area contributed by atoms with Crippen molar-refractivity contribution in [3.05, 3.63) is 47.2 Å². The number of nitrogens with one attached hydrogen (secondary N) is 1. The highest BCUT2D eigenvalue weighted by Gasteiger charge is 2.17. The van der Waals surface area contributed by atoms with E-state index >= 15 is 0 Å². The normalized spacial score (nSPS) is 11.7. The summed E-state index contributed by atoms with van der Waals surface area (Å²) < 4.78 is 17.4. The third-order valence-corrected chi connectivity index (χ3v) is 5.27. The number of benzene rings is 1. The van der Waals surface area contributed by atoms with Crippen LogP contribution in [0.4, 0.5) is 5.69 Å². The summed E-state index contributed by atoms with van der Waals surface area (Å²) in [5.74, 6) is -0.382. The van der Waals surface area contributed by atoms with Gasteiger partial charge in [-0.2, -0.15) is 5.26 Å². The molecule has 0 spiro atoms. The Morgan fingerprint density at radius 2 is 2.07 bits per heavy atom. The Labute approximate surface area is 161 Å². The zero-order valence-electron chi connectivity index (χ0n) is 15.5. The number of nitrogens with zero attached hydrogens (tertiary/aromatic N) is 2. The third kappa shape index (κ3) is 5.12. The van der Waals surface area contributed by atoms with Crippen LogP contribution in [0.25, 0.3) is 0 Å². The smallest absolute Gasteiger partial charge is 0.270 e. The van der Waals surface area contributed by atoms with E-state index in [2.05, 4.69) is 10.3 Å². The minimum atomic E-state index is -1.05. The lowest BCUT2D eigenvalue weighted by atomic mass is 10.2. The molecule has 7 nitrogen and oxygen atoms in total. The van der Waals surface area contributed by atoms with Gasteiger partial charge in [0.25, 0.3) is 5.91 Å². The van der Waals surface area contributed by atoms with E-state index in [9.17, 15) is 9.35 Å². The third-order valence-electron chi connectivity index (χ3n) is 3.68. The van der Waals surface area contributed by atoms with Crippen LogP contribution < -0.4 is 15.8 Å². The van der Waals surface area contributed by atoms with Gasteiger partial charge in [-0.15, -0.1) is 0 Å². The van der Waals surface area contributed by atoms with Gasteiger partial charge in [-0.25, -0.2) is 4.98 Å². The van der Waals surface area contributed by atoms with Gasteiger partial charge in [0, 0.05) is 6.54 Å². The molecule has 0 fully saturated rings. The second kappa shape index (κ2) is 9.26. The molecule has 0 saturated carbocycles. The Morgan fingerprint density at radius 1 is 1.41 bits per heavy atom. The summed E-state index contributed by atoms with van der Waals surface area (Å²) >= 11 is -1.05. The van der Waals surface area contributed by atoms with Gasteiger partial charge in [0.05, 0.1) is 12.3 Å². The van der Waals surface area contributed by atoms with E-state index in [1.165, 1.54) is 6.07 Å². The molecule has 1 aromatic carbocycles. The number of anilines is 1. The van der Waals surface area contributed by atoms with Crippen LogP contribution in [0.1, 0.15) is 42.4 Å². The number of aromatic nitrogens is 1. The van der Waals surface area contributed by atoms with Gasteiger partial charge in [0.2, 0.25) is 5.88 Å². The number of hydrogen-bond acceptors (Lipinski definition) is 6. The summed E-state index contributed by atoms with van der Waals surface area (Å²) in [6.45, 7) is 6.13. The first-order chi connectivity index (χ1) is 12.9. The molecule has 27 heavy (non-hydrogen) atoms. The fourth-order valence-electron chi connectivity index (χ4n) is 2.30. The van der Waals surface area contributed by atoms with Gasteiger partial charge in [0.1, 0.15) is 22.6 Å². The van der Waals surface area contributed by atoms with Crippen molar-refractivity contribution in [1.29, 1.82) is 5.26 Å². The lowest BCUT2D eigenvalue weighted by Crippen LogP contribution is -2.24. The van der Waals surface area contributed by atoms with E-state index in [-0.39, 0.29) is 34.6 Å². The molecule has 1 amide bonds. The number of nitrogen functional groups attached to an aromatic ring is 1. The second-order valence-corrected chi connectivity index (χ2v) is 8.00. The molecule has 3 N–H and O–H groups in total. The molecule has 1 aromatic heterocycles. The first-order valence-corrected chi connectivity index (χ1v) is 9.69. The summed E-state index contributed by atoms with van der Waals surface area (Å²) in [6, 6.07) is 10.5. The minimum Gasteiger partial charge on any atom is -0.611 e. The SMILES string of the molecule is CCOc1nc(C(=O)NCc2ccc([S+]([O-])C(C)C)cc2)cc(N)c1C#N. The molecule has 0 bridgehead atoms. The van der Waals surface area contributed by atoms with Crippen LogP contribution in [-0.2, 0) is 17.7 Å². The Morgan fingerprint density at radius 3 is 2.63 bits per heavy atom. The van der Waals surface area contributed by atoms with E-state index in [0.29, 0.717) is 6.61 Å². The first-order valence-electron chi connectivity index (χ1n) is 8.48. The van der Waals surface area contributed by atoms with Crippen molar-refractivity contribution >= 4 is 22.8 Å². The number of carbonyl (C=O) groups excluding carboxylic acids is 1. The number of rotatable bonds is 7. The Hall–Kier alpha value is -2.76. The number of amides is 1. The lowest BCUT2D eigenvalue weighted by Gasteiger charge is -2.14. The van der Waals surface area contributed by atoms with Crippen molar-refractivity contribution in [3.8, 4) is 11.9 Å². The van der Waals surface area contributed by atoms with E-state index < -0.39 is 17.1 Å². The van der Waals surface area contributed by atoms with E-state index in [0.717, 1.165) is 10.5 Å². The predicted octanol–water partition coefficient (Wildman–Crippen LogP) is 2.38. The highest BCUT2D eigenvalue weighted by molar-refractivity contribution is 7.92. The molecule has 8 heteroatoms. The standard InChI is InChI=1S/C19H22N4O3S/c1-4-26-19-15(10-20)16(21)9-17(23-19)18(24)22-11-13-5-7-14(8-6-13)27(25)12(2)3/h5-9,12H,4,11H2,1-3H3,(H2,21,23)(H,22,24). The predicted molar refractivity (Wildman–Crippen MR) is 104 cm³/mol. The van der Waals surface area contributed by atoms with Crippen LogP contribution in [0, 0.1) is 11.3 Å². The Bertz CT molecular complexity index is 847. The van der Waals surface area contributed by atoms with Crippen LogP contribution in [0.3, 0.4) is 0 Å². The maximum atomic E-state index is 12.4. The zero-order valence-corrected chi connectivity index (χ0v) is 16.3. The monoisotopic (exact) mass is 386 g/mol. The molecule has 2 aromatic rings. The number of ether oxygens (including phenoxy) is 1. The molecule has 0 aliphatic carbocycles. The van der Waals surface area contributed by atoms with E-state index in [1.54, 1.807) is 19.1 Å².